The van der Waals surface area contributed by atoms with Crippen LogP contribution in [-0.2, 0) is 0 Å². The van der Waals surface area contributed by atoms with Crippen LogP contribution in [-0.4, -0.2) is 24.5 Å². The van der Waals surface area contributed by atoms with Crippen LogP contribution in [0.4, 0.5) is 5.95 Å². The molecule has 0 radical (unpaired) electrons. The van der Waals surface area contributed by atoms with Crippen molar-refractivity contribution in [3.05, 3.63) is 5.69 Å². The summed E-state index contributed by atoms with van der Waals surface area (Å²) in [4.78, 5) is 0.816. The quantitative estimate of drug-likeness (QED) is 0.707. The third-order valence-corrected chi connectivity index (χ3v) is 2.72. The largest absolute Gasteiger partial charge is 0.366 e. The molecule has 0 fully saturated rings. The summed E-state index contributed by atoms with van der Waals surface area (Å²) in [6, 6.07) is 0. The van der Waals surface area contributed by atoms with Crippen LogP contribution in [0.15, 0.2) is 0 Å². The molecule has 15 heavy (non-hydrogen) atoms. The molecule has 4 N–H and O–H groups in total. The van der Waals surface area contributed by atoms with Gasteiger partial charge in [-0.3, -0.25) is 0 Å². The molecule has 2 heterocycles. The van der Waals surface area contributed by atoms with Crippen molar-refractivity contribution in [1.82, 2.24) is 24.5 Å². The number of nitrogens with zero attached hydrogens (tertiary/aromatic N) is 5. The highest BCUT2D eigenvalue weighted by atomic mass is 32.1. The maximum Gasteiger partial charge on any atom is 0.241 e. The minimum absolute atomic E-state index is 0.174. The third-order valence-electron chi connectivity index (χ3n) is 1.99. The lowest BCUT2D eigenvalue weighted by atomic mass is 10.1. The monoisotopic (exact) mass is 225 g/mol. The molecule has 2 aromatic rings. The second kappa shape index (κ2) is 3.46. The van der Waals surface area contributed by atoms with Gasteiger partial charge >= 0.3 is 0 Å². The Hall–Kier alpha value is -1.70. The van der Waals surface area contributed by atoms with E-state index in [1.54, 1.807) is 0 Å². The van der Waals surface area contributed by atoms with E-state index in [2.05, 4.69) is 19.8 Å². The van der Waals surface area contributed by atoms with Gasteiger partial charge in [-0.05, 0) is 17.5 Å². The number of nitrogen functional groups attached to an aromatic ring is 2. The highest BCUT2D eigenvalue weighted by molar-refractivity contribution is 7.09. The third kappa shape index (κ3) is 1.52. The fraction of sp³-hybridized carbons (Fsp3) is 0.429. The molecular weight excluding hydrogens is 214 g/mol. The van der Waals surface area contributed by atoms with E-state index in [4.69, 9.17) is 11.6 Å². The first-order valence-electron chi connectivity index (χ1n) is 4.39. The van der Waals surface area contributed by atoms with Gasteiger partial charge in [-0.2, -0.15) is 0 Å². The van der Waals surface area contributed by atoms with Gasteiger partial charge < -0.3 is 11.6 Å². The molecule has 0 atom stereocenters. The summed E-state index contributed by atoms with van der Waals surface area (Å²) in [7, 11) is 0. The molecule has 0 aliphatic rings. The zero-order valence-electron chi connectivity index (χ0n) is 8.38. The molecule has 0 aliphatic heterocycles. The van der Waals surface area contributed by atoms with E-state index in [0.717, 1.165) is 10.6 Å². The molecule has 0 bridgehead atoms. The molecule has 7 nitrogen and oxygen atoms in total. The first kappa shape index (κ1) is 9.84. The Morgan fingerprint density at radius 3 is 2.53 bits per heavy atom. The van der Waals surface area contributed by atoms with Gasteiger partial charge in [-0.1, -0.05) is 18.3 Å². The number of hydrogen-bond acceptors (Lipinski definition) is 7. The Kier molecular flexibility index (Phi) is 2.27. The number of anilines is 1. The van der Waals surface area contributed by atoms with Crippen molar-refractivity contribution >= 4 is 17.5 Å². The molecule has 0 aliphatic carbocycles. The molecule has 0 spiro atoms. The molecule has 2 rings (SSSR count). The average molecular weight is 225 g/mol. The van der Waals surface area contributed by atoms with E-state index in [-0.39, 0.29) is 11.9 Å². The van der Waals surface area contributed by atoms with Gasteiger partial charge in [0.25, 0.3) is 0 Å². The molecule has 0 unspecified atom stereocenters. The first-order chi connectivity index (χ1) is 7.11. The Labute approximate surface area is 90.2 Å². The van der Waals surface area contributed by atoms with Crippen LogP contribution in [0.1, 0.15) is 25.5 Å². The summed E-state index contributed by atoms with van der Waals surface area (Å²) in [5, 5.41) is 11.6. The Morgan fingerprint density at radius 2 is 2.00 bits per heavy atom. The second-order valence-corrected chi connectivity index (χ2v) is 4.15. The predicted octanol–water partition coefficient (Wildman–Crippen LogP) is 0.216. The van der Waals surface area contributed by atoms with Gasteiger partial charge in [-0.25, -0.2) is 4.68 Å². The summed E-state index contributed by atoms with van der Waals surface area (Å²) in [5.74, 6) is 6.62. The lowest BCUT2D eigenvalue weighted by molar-refractivity contribution is 0.811. The van der Waals surface area contributed by atoms with Gasteiger partial charge in [0.2, 0.25) is 5.95 Å². The van der Waals surface area contributed by atoms with Crippen molar-refractivity contribution < 1.29 is 0 Å². The van der Waals surface area contributed by atoms with Crippen molar-refractivity contribution in [2.45, 2.75) is 19.8 Å². The second-order valence-electron chi connectivity index (χ2n) is 3.39. The minimum Gasteiger partial charge on any atom is -0.366 e. The molecule has 0 saturated heterocycles. The molecule has 0 amide bonds. The zero-order chi connectivity index (χ0) is 11.0. The molecule has 2 aromatic heterocycles. The van der Waals surface area contributed by atoms with Gasteiger partial charge in [0.05, 0.1) is 5.69 Å². The van der Waals surface area contributed by atoms with E-state index >= 15 is 0 Å². The maximum atomic E-state index is 5.68. The fourth-order valence-corrected chi connectivity index (χ4v) is 1.99. The number of nitrogens with two attached hydrogens (primary N) is 2. The maximum absolute atomic E-state index is 5.68. The SMILES string of the molecule is CC(C)c1nnsc1-c1nnc(N)n1N. The van der Waals surface area contributed by atoms with Crippen LogP contribution in [0.3, 0.4) is 0 Å². The number of rotatable bonds is 2. The van der Waals surface area contributed by atoms with Crippen LogP contribution in [0, 0.1) is 0 Å². The van der Waals surface area contributed by atoms with E-state index in [1.807, 2.05) is 13.8 Å². The highest BCUT2D eigenvalue weighted by Crippen LogP contribution is 2.28. The number of aromatic nitrogens is 5. The predicted molar refractivity (Wildman–Crippen MR) is 57.6 cm³/mol. The highest BCUT2D eigenvalue weighted by Gasteiger charge is 2.19. The van der Waals surface area contributed by atoms with Crippen LogP contribution in [0.2, 0.25) is 0 Å². The Balaban J connectivity index is 2.54. The van der Waals surface area contributed by atoms with Crippen LogP contribution in [0.5, 0.6) is 0 Å². The van der Waals surface area contributed by atoms with Crippen LogP contribution < -0.4 is 11.6 Å². The minimum atomic E-state index is 0.174. The Bertz CT molecular complexity index is 471. The van der Waals surface area contributed by atoms with E-state index in [1.165, 1.54) is 16.2 Å². The van der Waals surface area contributed by atoms with Crippen molar-refractivity contribution in [1.29, 1.82) is 0 Å². The van der Waals surface area contributed by atoms with E-state index in [9.17, 15) is 0 Å². The lowest BCUT2D eigenvalue weighted by Gasteiger charge is -2.02. The number of hydrogen-bond donors (Lipinski definition) is 2. The van der Waals surface area contributed by atoms with Crippen LogP contribution >= 0.6 is 11.5 Å². The summed E-state index contributed by atoms with van der Waals surface area (Å²) >= 11 is 1.24. The van der Waals surface area contributed by atoms with Crippen molar-refractivity contribution in [3.63, 3.8) is 0 Å². The lowest BCUT2D eigenvalue weighted by Crippen LogP contribution is -2.13. The smallest absolute Gasteiger partial charge is 0.241 e. The summed E-state index contributed by atoms with van der Waals surface area (Å²) in [6.45, 7) is 4.06. The molecule has 0 aromatic carbocycles. The summed E-state index contributed by atoms with van der Waals surface area (Å²) in [5.41, 5.74) is 6.36. The van der Waals surface area contributed by atoms with Crippen molar-refractivity contribution in [2.24, 2.45) is 0 Å². The van der Waals surface area contributed by atoms with Crippen molar-refractivity contribution in [3.8, 4) is 10.7 Å². The zero-order valence-corrected chi connectivity index (χ0v) is 9.19. The van der Waals surface area contributed by atoms with E-state index < -0.39 is 0 Å². The van der Waals surface area contributed by atoms with Gasteiger partial charge in [0.15, 0.2) is 5.82 Å². The van der Waals surface area contributed by atoms with Crippen molar-refractivity contribution in [2.75, 3.05) is 11.6 Å². The molecular formula is C7H11N7S. The molecule has 80 valence electrons. The van der Waals surface area contributed by atoms with Crippen LogP contribution in [0.25, 0.3) is 10.7 Å². The fourth-order valence-electron chi connectivity index (χ4n) is 1.19. The van der Waals surface area contributed by atoms with Gasteiger partial charge in [0.1, 0.15) is 4.88 Å². The Morgan fingerprint density at radius 1 is 1.27 bits per heavy atom. The average Bonchev–Trinajstić information content (AvgIpc) is 2.75. The standard InChI is InChI=1S/C7H11N7S/c1-3(2)4-5(15-13-10-4)6-11-12-7(8)14(6)9/h3H,9H2,1-2H3,(H2,8,12). The summed E-state index contributed by atoms with van der Waals surface area (Å²) < 4.78 is 5.12. The molecule has 8 heteroatoms. The van der Waals surface area contributed by atoms with Gasteiger partial charge in [0, 0.05) is 0 Å². The first-order valence-corrected chi connectivity index (χ1v) is 5.17. The van der Waals surface area contributed by atoms with E-state index in [0.29, 0.717) is 5.82 Å². The normalized spacial score (nSPS) is 11.1. The van der Waals surface area contributed by atoms with Gasteiger partial charge in [-0.15, -0.1) is 15.3 Å². The molecule has 0 saturated carbocycles. The topological polar surface area (TPSA) is 109 Å². The summed E-state index contributed by atoms with van der Waals surface area (Å²) in [6.07, 6.45) is 0.